The van der Waals surface area contributed by atoms with Crippen molar-refractivity contribution in [1.82, 2.24) is 9.66 Å². The topological polar surface area (TPSA) is 113 Å². The van der Waals surface area contributed by atoms with Gasteiger partial charge in [0.1, 0.15) is 12.2 Å². The molecule has 0 aliphatic rings. The van der Waals surface area contributed by atoms with Crippen LogP contribution in [0.15, 0.2) is 105 Å². The lowest BCUT2D eigenvalue weighted by Gasteiger charge is -2.11. The van der Waals surface area contributed by atoms with Crippen LogP contribution in [0.5, 0.6) is 5.75 Å². The van der Waals surface area contributed by atoms with Gasteiger partial charge in [-0.15, -0.1) is 0 Å². The van der Waals surface area contributed by atoms with E-state index in [-0.39, 0.29) is 29.4 Å². The average molecular weight is 585 g/mol. The van der Waals surface area contributed by atoms with Crippen LogP contribution in [-0.2, 0) is 6.61 Å². The van der Waals surface area contributed by atoms with Crippen molar-refractivity contribution in [2.24, 2.45) is 5.10 Å². The summed E-state index contributed by atoms with van der Waals surface area (Å²) in [6.45, 7) is -0.0235. The highest BCUT2D eigenvalue weighted by Gasteiger charge is 2.20. The zero-order chi connectivity index (χ0) is 28.5. The summed E-state index contributed by atoms with van der Waals surface area (Å²) in [6.07, 6.45) is 1.32. The van der Waals surface area contributed by atoms with Gasteiger partial charge in [0.15, 0.2) is 5.76 Å². The van der Waals surface area contributed by atoms with Crippen molar-refractivity contribution in [3.05, 3.63) is 133 Å². The van der Waals surface area contributed by atoms with Crippen LogP contribution in [0, 0.1) is 10.1 Å². The van der Waals surface area contributed by atoms with Crippen LogP contribution in [0.3, 0.4) is 0 Å². The molecule has 0 unspecified atom stereocenters. The number of fused-ring (bicyclic) bond motifs is 2. The number of ether oxygens (including phenoxy) is 1. The quantitative estimate of drug-likeness (QED) is 0.109. The van der Waals surface area contributed by atoms with Crippen molar-refractivity contribution in [2.45, 2.75) is 6.61 Å². The number of para-hydroxylation sites is 3. The Morgan fingerprint density at radius 3 is 2.59 bits per heavy atom. The Hall–Kier alpha value is -4.99. The van der Waals surface area contributed by atoms with Gasteiger partial charge in [-0.2, -0.15) is 9.78 Å². The highest BCUT2D eigenvalue weighted by atomic mass is 35.5. The van der Waals surface area contributed by atoms with Gasteiger partial charge in [-0.05, 0) is 48.0 Å². The third-order valence-corrected chi connectivity index (χ3v) is 7.04. The second-order valence-electron chi connectivity index (χ2n) is 8.95. The minimum atomic E-state index is -0.550. The molecule has 0 bridgehead atoms. The van der Waals surface area contributed by atoms with Gasteiger partial charge < -0.3 is 9.15 Å². The number of benzene rings is 4. The predicted molar refractivity (Wildman–Crippen MR) is 158 cm³/mol. The molecule has 0 fully saturated rings. The van der Waals surface area contributed by atoms with Crippen LogP contribution in [0.2, 0.25) is 10.0 Å². The average Bonchev–Trinajstić information content (AvgIpc) is 3.41. The van der Waals surface area contributed by atoms with E-state index in [1.54, 1.807) is 54.6 Å². The normalized spacial score (nSPS) is 11.5. The molecule has 202 valence electrons. The van der Waals surface area contributed by atoms with Crippen LogP contribution >= 0.6 is 23.2 Å². The first kappa shape index (κ1) is 26.2. The number of hydrogen-bond donors (Lipinski definition) is 0. The Morgan fingerprint density at radius 2 is 1.78 bits per heavy atom. The number of hydrogen-bond acceptors (Lipinski definition) is 7. The highest BCUT2D eigenvalue weighted by Crippen LogP contribution is 2.32. The van der Waals surface area contributed by atoms with E-state index < -0.39 is 10.5 Å². The zero-order valence-electron chi connectivity index (χ0n) is 21.0. The van der Waals surface area contributed by atoms with Crippen molar-refractivity contribution >= 4 is 57.0 Å². The van der Waals surface area contributed by atoms with Crippen LogP contribution in [0.1, 0.15) is 11.1 Å². The van der Waals surface area contributed by atoms with Crippen LogP contribution in [0.4, 0.5) is 5.69 Å². The van der Waals surface area contributed by atoms with Crippen molar-refractivity contribution in [3.63, 3.8) is 0 Å². The first-order valence-corrected chi connectivity index (χ1v) is 13.0. The van der Waals surface area contributed by atoms with Gasteiger partial charge in [-0.3, -0.25) is 14.9 Å². The largest absolute Gasteiger partial charge is 0.481 e. The van der Waals surface area contributed by atoms with Gasteiger partial charge in [0.05, 0.1) is 32.1 Å². The number of nitrogens with zero attached hydrogens (tertiary/aromatic N) is 4. The minimum Gasteiger partial charge on any atom is -0.481 e. The van der Waals surface area contributed by atoms with E-state index in [0.29, 0.717) is 37.9 Å². The summed E-state index contributed by atoms with van der Waals surface area (Å²) in [6, 6.07) is 25.5. The summed E-state index contributed by atoms with van der Waals surface area (Å²) in [5, 5.41) is 18.2. The lowest BCUT2D eigenvalue weighted by atomic mass is 10.2. The summed E-state index contributed by atoms with van der Waals surface area (Å²) in [7, 11) is 0. The second kappa shape index (κ2) is 10.9. The first-order chi connectivity index (χ1) is 19.9. The lowest BCUT2D eigenvalue weighted by Crippen LogP contribution is -2.20. The van der Waals surface area contributed by atoms with Crippen molar-refractivity contribution in [1.29, 1.82) is 0 Å². The molecule has 0 spiro atoms. The molecule has 0 N–H and O–H groups in total. The number of halogens is 2. The third kappa shape index (κ3) is 5.16. The Balaban J connectivity index is 1.46. The molecule has 2 aromatic heterocycles. The molecule has 0 amide bonds. The number of furan rings is 1. The third-order valence-electron chi connectivity index (χ3n) is 6.30. The Labute approximate surface area is 242 Å². The number of rotatable bonds is 7. The number of nitro groups is 1. The van der Waals surface area contributed by atoms with Crippen LogP contribution < -0.4 is 10.3 Å². The van der Waals surface area contributed by atoms with E-state index >= 15 is 0 Å². The number of aromatic nitrogens is 2. The second-order valence-corrected chi connectivity index (χ2v) is 9.77. The van der Waals surface area contributed by atoms with Gasteiger partial charge in [0.25, 0.3) is 5.56 Å². The molecule has 0 aliphatic heterocycles. The van der Waals surface area contributed by atoms with Gasteiger partial charge >= 0.3 is 5.69 Å². The van der Waals surface area contributed by atoms with E-state index in [4.69, 9.17) is 32.4 Å². The van der Waals surface area contributed by atoms with E-state index in [1.807, 2.05) is 24.3 Å². The SMILES string of the molecule is O=c1c2ccccc2nc(-c2cc3ccccc3o2)n1N=Cc1cccc([N+](=O)[O-])c1OCc1ccc(Cl)c(Cl)c1. The molecule has 9 nitrogen and oxygen atoms in total. The Kier molecular flexibility index (Phi) is 6.96. The highest BCUT2D eigenvalue weighted by molar-refractivity contribution is 6.42. The molecular weight excluding hydrogens is 567 g/mol. The molecule has 4 aromatic carbocycles. The fourth-order valence-corrected chi connectivity index (χ4v) is 4.65. The first-order valence-electron chi connectivity index (χ1n) is 12.3. The molecule has 0 aliphatic carbocycles. The maximum Gasteiger partial charge on any atom is 0.311 e. The molecule has 0 saturated carbocycles. The molecule has 6 rings (SSSR count). The van der Waals surface area contributed by atoms with E-state index in [0.717, 1.165) is 10.1 Å². The molecular formula is C30H18Cl2N4O5. The molecule has 41 heavy (non-hydrogen) atoms. The maximum absolute atomic E-state index is 13.6. The van der Waals surface area contributed by atoms with Gasteiger partial charge in [0.2, 0.25) is 11.6 Å². The zero-order valence-corrected chi connectivity index (χ0v) is 22.5. The van der Waals surface area contributed by atoms with Crippen LogP contribution in [-0.4, -0.2) is 20.8 Å². The Bertz CT molecular complexity index is 2020. The fourth-order valence-electron chi connectivity index (χ4n) is 4.33. The summed E-state index contributed by atoms with van der Waals surface area (Å²) in [5.74, 6) is 0.477. The van der Waals surface area contributed by atoms with E-state index in [1.165, 1.54) is 18.3 Å². The van der Waals surface area contributed by atoms with Crippen molar-refractivity contribution in [3.8, 4) is 17.3 Å². The summed E-state index contributed by atoms with van der Waals surface area (Å²) < 4.78 is 13.0. The molecule has 0 atom stereocenters. The van der Waals surface area contributed by atoms with Gasteiger partial charge in [0, 0.05) is 17.0 Å². The van der Waals surface area contributed by atoms with E-state index in [9.17, 15) is 14.9 Å². The monoisotopic (exact) mass is 584 g/mol. The Morgan fingerprint density at radius 1 is 0.976 bits per heavy atom. The molecule has 0 radical (unpaired) electrons. The lowest BCUT2D eigenvalue weighted by molar-refractivity contribution is -0.385. The molecule has 2 heterocycles. The van der Waals surface area contributed by atoms with Crippen molar-refractivity contribution < 1.29 is 14.1 Å². The molecule has 6 aromatic rings. The maximum atomic E-state index is 13.6. The predicted octanol–water partition coefficient (Wildman–Crippen LogP) is 7.49. The van der Waals surface area contributed by atoms with E-state index in [2.05, 4.69) is 10.1 Å². The van der Waals surface area contributed by atoms with Crippen LogP contribution in [0.25, 0.3) is 33.5 Å². The van der Waals surface area contributed by atoms with Crippen molar-refractivity contribution in [2.75, 3.05) is 0 Å². The minimum absolute atomic E-state index is 0.0235. The van der Waals surface area contributed by atoms with Gasteiger partial charge in [-0.1, -0.05) is 65.7 Å². The fraction of sp³-hybridized carbons (Fsp3) is 0.0333. The van der Waals surface area contributed by atoms with Gasteiger partial charge in [-0.25, -0.2) is 4.98 Å². The smallest absolute Gasteiger partial charge is 0.311 e. The standard InChI is InChI=1S/C30H18Cl2N4O5/c31-22-13-12-18(14-23(22)32)17-40-28-20(7-5-10-25(28)36(38)39)16-33-35-29(27-15-19-6-1-4-11-26(19)41-27)34-24-9-3-2-8-21(24)30(35)37/h1-16H,17H2. The summed E-state index contributed by atoms with van der Waals surface area (Å²) >= 11 is 12.1. The summed E-state index contributed by atoms with van der Waals surface area (Å²) in [5.41, 5.74) is 1.32. The number of nitro benzene ring substituents is 1. The molecule has 0 saturated heterocycles. The summed E-state index contributed by atoms with van der Waals surface area (Å²) in [4.78, 5) is 29.6. The molecule has 11 heteroatoms.